The van der Waals surface area contributed by atoms with E-state index in [1.807, 2.05) is 127 Å². The van der Waals surface area contributed by atoms with Gasteiger partial charge in [-0.05, 0) is 89.0 Å². The SMILES string of the molecule is c1ccc(-c2nc(-c3ccc4c(c3)oc3ccccc34)nc(-c3cccc4sc5c(-c6ccc(-c7nc8ccccc8s7)cc6)cccc5c34)n2)cc1.c1ccc(-c2nc(-c3cccc4c3oc3ccccc34)nc(-c3cccc4sc5c(-c6ccc(-c7nc8ccccc8s7)cc6)cccc5c34)n2)cc1. The number of thiazole rings is 2. The standard InChI is InChI=1S/2C46H26N4OS2/c1-2-11-28(12-3-1)43-48-44(50-45(49-43)35-18-9-15-32-31-13-4-6-20-37(31)51-41(32)35)34-17-10-22-39-40(34)33-16-8-14-30(42(33)52-39)27-23-25-29(26-24-27)46-47-36-19-5-7-21-38(36)53-46;1-2-10-28(11-3-1)43-48-44(30-24-25-33-32-12-4-6-17-37(32)51-38(33)26-30)50-45(49-43)35-15-9-19-40-41(35)34-14-8-13-31(42(34)52-40)27-20-22-29(23-21-27)46-47-36-16-5-7-18-39(36)53-46/h2*1-26H. The molecule has 0 unspecified atom stereocenters. The van der Waals surface area contributed by atoms with Crippen LogP contribution < -0.4 is 0 Å². The first-order valence-corrected chi connectivity index (χ1v) is 38.0. The van der Waals surface area contributed by atoms with Gasteiger partial charge in [0, 0.05) is 101 Å². The number of para-hydroxylation sites is 5. The number of nitrogens with zero attached hydrogens (tertiary/aromatic N) is 8. The van der Waals surface area contributed by atoms with Gasteiger partial charge in [0.1, 0.15) is 32.3 Å². The summed E-state index contributed by atoms with van der Waals surface area (Å²) in [6.45, 7) is 0. The third-order valence-corrected chi connectivity index (χ3v) is 24.2. The number of benzene rings is 14. The minimum absolute atomic E-state index is 0.573. The van der Waals surface area contributed by atoms with Crippen LogP contribution in [-0.2, 0) is 0 Å². The molecule has 0 aliphatic heterocycles. The smallest absolute Gasteiger partial charge is 0.167 e. The van der Waals surface area contributed by atoms with Crippen LogP contribution in [0.2, 0.25) is 0 Å². The maximum atomic E-state index is 6.44. The molecule has 0 atom stereocenters. The van der Waals surface area contributed by atoms with Gasteiger partial charge in [-0.3, -0.25) is 0 Å². The van der Waals surface area contributed by atoms with Crippen molar-refractivity contribution in [2.24, 2.45) is 0 Å². The van der Waals surface area contributed by atoms with Gasteiger partial charge in [0.2, 0.25) is 0 Å². The molecule has 14 heteroatoms. The van der Waals surface area contributed by atoms with E-state index in [0.717, 1.165) is 120 Å². The monoisotopic (exact) mass is 1430 g/mol. The summed E-state index contributed by atoms with van der Waals surface area (Å²) in [5.74, 6) is 3.67. The predicted octanol–water partition coefficient (Wildman–Crippen LogP) is 26.2. The zero-order valence-corrected chi connectivity index (χ0v) is 59.3. The molecule has 0 saturated heterocycles. The van der Waals surface area contributed by atoms with Gasteiger partial charge in [0.05, 0.1) is 26.0 Å². The van der Waals surface area contributed by atoms with Crippen molar-refractivity contribution in [3.05, 3.63) is 315 Å². The van der Waals surface area contributed by atoms with Crippen molar-refractivity contribution in [3.63, 3.8) is 0 Å². The molecule has 0 aliphatic carbocycles. The maximum Gasteiger partial charge on any atom is 0.167 e. The van der Waals surface area contributed by atoms with E-state index in [1.54, 1.807) is 45.3 Å². The first-order chi connectivity index (χ1) is 52.5. The van der Waals surface area contributed by atoms with Crippen LogP contribution in [0.15, 0.2) is 324 Å². The van der Waals surface area contributed by atoms with E-state index < -0.39 is 0 Å². The van der Waals surface area contributed by atoms with Crippen LogP contribution >= 0.6 is 45.3 Å². The molecule has 8 heterocycles. The summed E-state index contributed by atoms with van der Waals surface area (Å²) in [6.07, 6.45) is 0. The number of rotatable bonds is 10. The Morgan fingerprint density at radius 2 is 0.575 bits per heavy atom. The van der Waals surface area contributed by atoms with Gasteiger partial charge < -0.3 is 8.83 Å². The summed E-state index contributed by atoms with van der Waals surface area (Å²) in [7, 11) is 0. The number of thiophene rings is 2. The minimum Gasteiger partial charge on any atom is -0.456 e. The van der Waals surface area contributed by atoms with Gasteiger partial charge in [0.15, 0.2) is 34.9 Å². The summed E-state index contributed by atoms with van der Waals surface area (Å²) >= 11 is 7.06. The van der Waals surface area contributed by atoms with Crippen LogP contribution in [-0.4, -0.2) is 39.9 Å². The molecule has 0 aliphatic rings. The molecule has 0 saturated carbocycles. The second-order valence-corrected chi connectivity index (χ2v) is 30.2. The molecule has 0 N–H and O–H groups in total. The molecular formula is C92H52N8O2S4. The van der Waals surface area contributed by atoms with Gasteiger partial charge in [0.25, 0.3) is 0 Å². The molecule has 0 fully saturated rings. The zero-order chi connectivity index (χ0) is 69.8. The van der Waals surface area contributed by atoms with Crippen LogP contribution in [0.3, 0.4) is 0 Å². The van der Waals surface area contributed by atoms with Crippen molar-refractivity contribution in [1.82, 2.24) is 39.9 Å². The lowest BCUT2D eigenvalue weighted by molar-refractivity contribution is 0.669. The second-order valence-electron chi connectivity index (χ2n) is 26.0. The lowest BCUT2D eigenvalue weighted by Gasteiger charge is -2.10. The first kappa shape index (κ1) is 61.6. The third-order valence-electron chi connectivity index (χ3n) is 19.6. The van der Waals surface area contributed by atoms with Crippen molar-refractivity contribution in [2.45, 2.75) is 0 Å². The highest BCUT2D eigenvalue weighted by Gasteiger charge is 2.24. The average molecular weight is 1430 g/mol. The van der Waals surface area contributed by atoms with Crippen LogP contribution in [0.25, 0.3) is 216 Å². The van der Waals surface area contributed by atoms with E-state index in [0.29, 0.717) is 34.9 Å². The number of fused-ring (bicyclic) bond motifs is 14. The summed E-state index contributed by atoms with van der Waals surface area (Å²) in [4.78, 5) is 40.5. The molecule has 0 amide bonds. The Kier molecular flexibility index (Phi) is 14.8. The fraction of sp³-hybridized carbons (Fsp3) is 0. The highest BCUT2D eigenvalue weighted by molar-refractivity contribution is 7.27. The second kappa shape index (κ2) is 25.4. The Balaban J connectivity index is 0.000000136. The molecule has 22 rings (SSSR count). The molecule has 496 valence electrons. The summed E-state index contributed by atoms with van der Waals surface area (Å²) in [6, 6.07) is 109. The quantitative estimate of drug-likeness (QED) is 0.130. The molecule has 106 heavy (non-hydrogen) atoms. The lowest BCUT2D eigenvalue weighted by Crippen LogP contribution is -2.00. The molecule has 10 nitrogen and oxygen atoms in total. The molecule has 0 spiro atoms. The highest BCUT2D eigenvalue weighted by Crippen LogP contribution is 2.48. The van der Waals surface area contributed by atoms with Gasteiger partial charge in [-0.15, -0.1) is 45.3 Å². The zero-order valence-electron chi connectivity index (χ0n) is 56.0. The van der Waals surface area contributed by atoms with E-state index >= 15 is 0 Å². The van der Waals surface area contributed by atoms with Gasteiger partial charge in [-0.2, -0.15) is 0 Å². The number of hydrogen-bond donors (Lipinski definition) is 0. The topological polar surface area (TPSA) is 129 Å². The van der Waals surface area contributed by atoms with Crippen LogP contribution in [0.5, 0.6) is 0 Å². The van der Waals surface area contributed by atoms with Crippen molar-refractivity contribution in [1.29, 1.82) is 0 Å². The molecule has 22 aromatic rings. The average Bonchev–Trinajstić information content (AvgIpc) is 1.59. The van der Waals surface area contributed by atoms with Gasteiger partial charge in [-0.1, -0.05) is 249 Å². The number of hydrogen-bond acceptors (Lipinski definition) is 14. The van der Waals surface area contributed by atoms with E-state index in [1.165, 1.54) is 61.2 Å². The van der Waals surface area contributed by atoms with E-state index in [9.17, 15) is 0 Å². The fourth-order valence-electron chi connectivity index (χ4n) is 14.6. The Bertz CT molecular complexity index is 7160. The molecule has 8 aromatic heterocycles. The Labute approximate surface area is 621 Å². The van der Waals surface area contributed by atoms with Gasteiger partial charge >= 0.3 is 0 Å². The largest absolute Gasteiger partial charge is 0.456 e. The van der Waals surface area contributed by atoms with E-state index in [2.05, 4.69) is 188 Å². The molecule has 14 aromatic carbocycles. The van der Waals surface area contributed by atoms with Crippen molar-refractivity contribution >= 4 is 150 Å². The Morgan fingerprint density at radius 1 is 0.208 bits per heavy atom. The third kappa shape index (κ3) is 10.7. The molecule has 0 radical (unpaired) electrons. The van der Waals surface area contributed by atoms with Crippen LogP contribution in [0.4, 0.5) is 0 Å². The molecule has 0 bridgehead atoms. The Hall–Kier alpha value is -13.1. The van der Waals surface area contributed by atoms with E-state index in [4.69, 9.17) is 48.7 Å². The molecular weight excluding hydrogens is 1380 g/mol. The summed E-state index contributed by atoms with van der Waals surface area (Å²) in [5.41, 5.74) is 17.8. The minimum atomic E-state index is 0.573. The summed E-state index contributed by atoms with van der Waals surface area (Å²) < 4.78 is 19.9. The van der Waals surface area contributed by atoms with Crippen molar-refractivity contribution < 1.29 is 8.83 Å². The first-order valence-electron chi connectivity index (χ1n) is 34.8. The summed E-state index contributed by atoms with van der Waals surface area (Å²) in [5, 5.41) is 11.0. The lowest BCUT2D eigenvalue weighted by atomic mass is 9.99. The maximum absolute atomic E-state index is 6.44. The van der Waals surface area contributed by atoms with Gasteiger partial charge in [-0.25, -0.2) is 39.9 Å². The fourth-order valence-corrected chi connectivity index (χ4v) is 19.0. The van der Waals surface area contributed by atoms with Crippen molar-refractivity contribution in [2.75, 3.05) is 0 Å². The predicted molar refractivity (Wildman–Crippen MR) is 441 cm³/mol. The Morgan fingerprint density at radius 3 is 1.11 bits per heavy atom. The van der Waals surface area contributed by atoms with E-state index in [-0.39, 0.29) is 0 Å². The highest BCUT2D eigenvalue weighted by atomic mass is 32.1. The number of aromatic nitrogens is 8. The number of furan rings is 2. The van der Waals surface area contributed by atoms with Crippen LogP contribution in [0, 0.1) is 0 Å². The van der Waals surface area contributed by atoms with Crippen molar-refractivity contribution in [3.8, 4) is 112 Å². The van der Waals surface area contributed by atoms with Crippen LogP contribution in [0.1, 0.15) is 0 Å². The normalized spacial score (nSPS) is 11.8.